The van der Waals surface area contributed by atoms with Crippen LogP contribution in [0.25, 0.3) is 22.2 Å². The zero-order chi connectivity index (χ0) is 21.1. The Kier molecular flexibility index (Phi) is 5.26. The molecule has 0 spiro atoms. The molecule has 0 aliphatic rings. The molecule has 4 rings (SSSR count). The molecule has 6 nitrogen and oxygen atoms in total. The predicted octanol–water partition coefficient (Wildman–Crippen LogP) is 5.64. The van der Waals surface area contributed by atoms with Crippen molar-refractivity contribution in [3.05, 3.63) is 72.5 Å². The van der Waals surface area contributed by atoms with Crippen LogP contribution in [-0.2, 0) is 0 Å². The van der Waals surface area contributed by atoms with E-state index in [1.165, 1.54) is 19.2 Å². The van der Waals surface area contributed by atoms with Crippen LogP contribution in [0, 0.1) is 5.82 Å². The van der Waals surface area contributed by atoms with E-state index in [0.29, 0.717) is 22.9 Å². The van der Waals surface area contributed by atoms with Crippen LogP contribution in [0.5, 0.6) is 11.5 Å². The number of aromatic nitrogens is 1. The van der Waals surface area contributed by atoms with E-state index in [0.717, 1.165) is 22.2 Å². The van der Waals surface area contributed by atoms with Crippen molar-refractivity contribution in [3.8, 4) is 22.8 Å². The second-order valence-corrected chi connectivity index (χ2v) is 6.64. The van der Waals surface area contributed by atoms with Gasteiger partial charge in [0.25, 0.3) is 0 Å². The highest BCUT2D eigenvalue weighted by Gasteiger charge is 2.10. The second kappa shape index (κ2) is 8.16. The first-order valence-corrected chi connectivity index (χ1v) is 9.24. The van der Waals surface area contributed by atoms with Gasteiger partial charge in [-0.3, -0.25) is 0 Å². The number of carbonyl (C=O) groups excluding carboxylic acids is 1. The summed E-state index contributed by atoms with van der Waals surface area (Å²) in [4.78, 5) is 15.7. The van der Waals surface area contributed by atoms with E-state index < -0.39 is 6.03 Å². The van der Waals surface area contributed by atoms with Crippen molar-refractivity contribution in [3.63, 3.8) is 0 Å². The van der Waals surface area contributed by atoms with Crippen molar-refractivity contribution >= 4 is 28.3 Å². The third-order valence-corrected chi connectivity index (χ3v) is 4.69. The van der Waals surface area contributed by atoms with Crippen LogP contribution in [0.15, 0.2) is 66.7 Å². The van der Waals surface area contributed by atoms with Crippen molar-refractivity contribution < 1.29 is 18.7 Å². The fraction of sp³-hybridized carbons (Fsp3) is 0.0870. The fourth-order valence-corrected chi connectivity index (χ4v) is 3.19. The van der Waals surface area contributed by atoms with Crippen molar-refractivity contribution in [2.75, 3.05) is 24.9 Å². The van der Waals surface area contributed by atoms with Gasteiger partial charge in [-0.25, -0.2) is 9.18 Å². The zero-order valence-electron chi connectivity index (χ0n) is 16.5. The first-order valence-electron chi connectivity index (χ1n) is 9.24. The number of hydrogen-bond donors (Lipinski definition) is 3. The van der Waals surface area contributed by atoms with E-state index in [4.69, 9.17) is 9.47 Å². The van der Waals surface area contributed by atoms with Gasteiger partial charge in [0.05, 0.1) is 19.9 Å². The molecule has 3 aromatic carbocycles. The van der Waals surface area contributed by atoms with Gasteiger partial charge in [0.15, 0.2) is 0 Å². The summed E-state index contributed by atoms with van der Waals surface area (Å²) in [6.45, 7) is 0. The van der Waals surface area contributed by atoms with Crippen LogP contribution in [0.4, 0.5) is 20.6 Å². The fourth-order valence-electron chi connectivity index (χ4n) is 3.19. The molecule has 1 heterocycles. The number of benzene rings is 3. The molecule has 4 aromatic rings. The summed E-state index contributed by atoms with van der Waals surface area (Å²) in [6.07, 6.45) is 0. The molecule has 0 bridgehead atoms. The van der Waals surface area contributed by atoms with Gasteiger partial charge in [-0.2, -0.15) is 0 Å². The third-order valence-electron chi connectivity index (χ3n) is 4.69. The molecule has 2 amide bonds. The van der Waals surface area contributed by atoms with E-state index in [9.17, 15) is 9.18 Å². The van der Waals surface area contributed by atoms with Gasteiger partial charge in [-0.1, -0.05) is 12.1 Å². The first-order chi connectivity index (χ1) is 14.6. The van der Waals surface area contributed by atoms with E-state index in [1.54, 1.807) is 43.5 Å². The Hall–Kier alpha value is -4.00. The van der Waals surface area contributed by atoms with Crippen molar-refractivity contribution in [2.24, 2.45) is 0 Å². The number of aromatic amines is 1. The van der Waals surface area contributed by atoms with Gasteiger partial charge in [-0.15, -0.1) is 0 Å². The molecule has 0 aliphatic carbocycles. The lowest BCUT2D eigenvalue weighted by molar-refractivity contribution is 0.262. The van der Waals surface area contributed by atoms with Gasteiger partial charge in [0.2, 0.25) is 0 Å². The first kappa shape index (κ1) is 19.3. The Morgan fingerprint density at radius 3 is 2.43 bits per heavy atom. The summed E-state index contributed by atoms with van der Waals surface area (Å²) < 4.78 is 23.8. The van der Waals surface area contributed by atoms with Gasteiger partial charge < -0.3 is 25.1 Å². The summed E-state index contributed by atoms with van der Waals surface area (Å²) in [5.74, 6) is 0.858. The van der Waals surface area contributed by atoms with E-state index in [1.807, 2.05) is 18.2 Å². The second-order valence-electron chi connectivity index (χ2n) is 6.64. The van der Waals surface area contributed by atoms with E-state index in [-0.39, 0.29) is 5.82 Å². The number of fused-ring (bicyclic) bond motifs is 1. The van der Waals surface area contributed by atoms with Gasteiger partial charge >= 0.3 is 6.03 Å². The molecule has 3 N–H and O–H groups in total. The smallest absolute Gasteiger partial charge is 0.323 e. The zero-order valence-corrected chi connectivity index (χ0v) is 16.5. The van der Waals surface area contributed by atoms with Crippen LogP contribution in [0.2, 0.25) is 0 Å². The predicted molar refractivity (Wildman–Crippen MR) is 116 cm³/mol. The van der Waals surface area contributed by atoms with Crippen molar-refractivity contribution in [1.29, 1.82) is 0 Å². The Morgan fingerprint density at radius 2 is 1.70 bits per heavy atom. The number of anilines is 2. The number of halogens is 1. The summed E-state index contributed by atoms with van der Waals surface area (Å²) in [5.41, 5.74) is 3.77. The quantitative estimate of drug-likeness (QED) is 0.402. The van der Waals surface area contributed by atoms with Crippen LogP contribution < -0.4 is 20.1 Å². The van der Waals surface area contributed by atoms with Crippen LogP contribution in [0.1, 0.15) is 0 Å². The Bertz CT molecular complexity index is 1200. The topological polar surface area (TPSA) is 75.4 Å². The minimum atomic E-state index is -0.407. The molecule has 7 heteroatoms. The molecular formula is C23H20FN3O3. The molecule has 30 heavy (non-hydrogen) atoms. The van der Waals surface area contributed by atoms with Gasteiger partial charge in [0, 0.05) is 28.4 Å². The highest BCUT2D eigenvalue weighted by Crippen LogP contribution is 2.29. The van der Waals surface area contributed by atoms with Crippen molar-refractivity contribution in [1.82, 2.24) is 4.98 Å². The lowest BCUT2D eigenvalue weighted by atomic mass is 10.1. The number of rotatable bonds is 5. The maximum absolute atomic E-state index is 13.4. The maximum Gasteiger partial charge on any atom is 0.323 e. The molecule has 0 fully saturated rings. The summed E-state index contributed by atoms with van der Waals surface area (Å²) in [7, 11) is 3.08. The van der Waals surface area contributed by atoms with Crippen molar-refractivity contribution in [2.45, 2.75) is 0 Å². The van der Waals surface area contributed by atoms with E-state index in [2.05, 4.69) is 15.6 Å². The molecular weight excluding hydrogens is 385 g/mol. The highest BCUT2D eigenvalue weighted by atomic mass is 19.1. The number of urea groups is 1. The van der Waals surface area contributed by atoms with Crippen LogP contribution in [0.3, 0.4) is 0 Å². The Labute approximate surface area is 172 Å². The van der Waals surface area contributed by atoms with Crippen LogP contribution >= 0.6 is 0 Å². The Balaban J connectivity index is 1.47. The number of nitrogens with one attached hydrogen (secondary N) is 3. The largest absolute Gasteiger partial charge is 0.497 e. The molecule has 0 radical (unpaired) electrons. The molecule has 1 aromatic heterocycles. The SMILES string of the molecule is COc1ccc(OC)c(NC(=O)Nc2ccc(-c3cc4cc(F)ccc4[nH]3)cc2)c1. The van der Waals surface area contributed by atoms with E-state index >= 15 is 0 Å². The van der Waals surface area contributed by atoms with Gasteiger partial charge in [0.1, 0.15) is 17.3 Å². The molecule has 0 atom stereocenters. The number of ether oxygens (including phenoxy) is 2. The number of methoxy groups -OCH3 is 2. The highest BCUT2D eigenvalue weighted by molar-refractivity contribution is 6.01. The lowest BCUT2D eigenvalue weighted by Crippen LogP contribution is -2.19. The average molecular weight is 405 g/mol. The van der Waals surface area contributed by atoms with Gasteiger partial charge in [-0.05, 0) is 54.1 Å². The molecule has 0 saturated carbocycles. The Morgan fingerprint density at radius 1 is 0.900 bits per heavy atom. The normalized spacial score (nSPS) is 10.6. The molecule has 0 unspecified atom stereocenters. The van der Waals surface area contributed by atoms with Crippen LogP contribution in [-0.4, -0.2) is 25.2 Å². The number of carbonyl (C=O) groups is 1. The summed E-state index contributed by atoms with van der Waals surface area (Å²) in [5, 5.41) is 6.35. The minimum absolute atomic E-state index is 0.272. The monoisotopic (exact) mass is 405 g/mol. The number of H-pyrrole nitrogens is 1. The summed E-state index contributed by atoms with van der Waals surface area (Å²) in [6, 6.07) is 18.6. The maximum atomic E-state index is 13.4. The number of amides is 2. The molecule has 0 saturated heterocycles. The molecule has 152 valence electrons. The summed E-state index contributed by atoms with van der Waals surface area (Å²) >= 11 is 0. The standard InChI is InChI=1S/C23H20FN3O3/c1-29-18-8-10-22(30-2)21(13-18)27-23(28)25-17-6-3-14(4-7-17)20-12-15-11-16(24)5-9-19(15)26-20/h3-13,26H,1-2H3,(H2,25,27,28). The lowest BCUT2D eigenvalue weighted by Gasteiger charge is -2.12. The molecule has 0 aliphatic heterocycles. The third kappa shape index (κ3) is 4.05. The minimum Gasteiger partial charge on any atom is -0.497 e. The number of hydrogen-bond acceptors (Lipinski definition) is 3. The average Bonchev–Trinajstić information content (AvgIpc) is 3.17.